The number of benzene rings is 2. The number of carbonyl (C=O) groups excluding carboxylic acids is 1. The van der Waals surface area contributed by atoms with Crippen molar-refractivity contribution >= 4 is 40.2 Å². The van der Waals surface area contributed by atoms with Crippen LogP contribution in [0.1, 0.15) is 12.8 Å². The molecule has 7 nitrogen and oxygen atoms in total. The number of morpholine rings is 1. The van der Waals surface area contributed by atoms with E-state index in [1.807, 2.05) is 53.6 Å². The number of nitrogens with zero attached hydrogens (tertiary/aromatic N) is 4. The maximum Gasteiger partial charge on any atom is 0.222 e. The molecule has 1 saturated heterocycles. The van der Waals surface area contributed by atoms with Crippen LogP contribution in [-0.2, 0) is 9.53 Å². The van der Waals surface area contributed by atoms with Crippen LogP contribution in [0.15, 0.2) is 59.9 Å². The minimum atomic E-state index is 0.192. The van der Waals surface area contributed by atoms with Crippen LogP contribution >= 0.6 is 23.4 Å². The fraction of sp³-hybridized carbons (Fsp3) is 0.292. The topological polar surface area (TPSA) is 76.0 Å². The number of fused-ring (bicyclic) bond motifs is 1. The van der Waals surface area contributed by atoms with Gasteiger partial charge in [0.25, 0.3) is 0 Å². The summed E-state index contributed by atoms with van der Waals surface area (Å²) in [6.07, 6.45) is 3.27. The number of para-hydroxylation sites is 1. The molecule has 9 heteroatoms. The third-order valence-electron chi connectivity index (χ3n) is 5.68. The molecule has 1 fully saturated rings. The summed E-state index contributed by atoms with van der Waals surface area (Å²) >= 11 is 7.74. The van der Waals surface area contributed by atoms with Gasteiger partial charge in [-0.25, -0.2) is 0 Å². The first kappa shape index (κ1) is 22.0. The van der Waals surface area contributed by atoms with Crippen LogP contribution in [-0.4, -0.2) is 62.6 Å². The summed E-state index contributed by atoms with van der Waals surface area (Å²) < 4.78 is 7.39. The first-order valence-electron chi connectivity index (χ1n) is 11.0. The van der Waals surface area contributed by atoms with Crippen molar-refractivity contribution in [1.82, 2.24) is 24.6 Å². The Morgan fingerprint density at radius 1 is 1.09 bits per heavy atom. The molecule has 2 aromatic heterocycles. The van der Waals surface area contributed by atoms with E-state index in [4.69, 9.17) is 16.3 Å². The van der Waals surface area contributed by atoms with Crippen LogP contribution in [0.3, 0.4) is 0 Å². The summed E-state index contributed by atoms with van der Waals surface area (Å²) in [5, 5.41) is 11.6. The van der Waals surface area contributed by atoms with E-state index in [-0.39, 0.29) is 5.91 Å². The molecule has 0 bridgehead atoms. The summed E-state index contributed by atoms with van der Waals surface area (Å²) in [5.74, 6) is 1.73. The summed E-state index contributed by atoms with van der Waals surface area (Å²) in [5.41, 5.74) is 2.98. The van der Waals surface area contributed by atoms with Crippen molar-refractivity contribution in [2.45, 2.75) is 18.0 Å². The van der Waals surface area contributed by atoms with Crippen molar-refractivity contribution in [2.24, 2.45) is 0 Å². The van der Waals surface area contributed by atoms with Crippen LogP contribution in [0.4, 0.5) is 0 Å². The lowest BCUT2D eigenvalue weighted by Crippen LogP contribution is -2.40. The molecule has 1 aliphatic heterocycles. The van der Waals surface area contributed by atoms with Gasteiger partial charge in [-0.1, -0.05) is 41.6 Å². The lowest BCUT2D eigenvalue weighted by atomic mass is 10.1. The van der Waals surface area contributed by atoms with Crippen LogP contribution < -0.4 is 0 Å². The van der Waals surface area contributed by atoms with Gasteiger partial charge in [-0.15, -0.1) is 10.2 Å². The molecule has 0 unspecified atom stereocenters. The highest BCUT2D eigenvalue weighted by Crippen LogP contribution is 2.33. The Balaban J connectivity index is 1.37. The van der Waals surface area contributed by atoms with E-state index in [0.29, 0.717) is 37.7 Å². The lowest BCUT2D eigenvalue weighted by Gasteiger charge is -2.26. The number of hydrogen-bond acceptors (Lipinski definition) is 5. The predicted octanol–water partition coefficient (Wildman–Crippen LogP) is 4.80. The van der Waals surface area contributed by atoms with Crippen LogP contribution in [0, 0.1) is 0 Å². The molecule has 1 aliphatic rings. The number of aromatic amines is 1. The van der Waals surface area contributed by atoms with E-state index in [2.05, 4.69) is 25.8 Å². The van der Waals surface area contributed by atoms with Crippen molar-refractivity contribution in [3.05, 3.63) is 59.8 Å². The third-order valence-corrected chi connectivity index (χ3v) is 6.95. The van der Waals surface area contributed by atoms with Crippen molar-refractivity contribution in [3.8, 4) is 17.1 Å². The van der Waals surface area contributed by atoms with Gasteiger partial charge in [0.1, 0.15) is 0 Å². The second-order valence-corrected chi connectivity index (χ2v) is 9.31. The third kappa shape index (κ3) is 4.78. The minimum absolute atomic E-state index is 0.192. The minimum Gasteiger partial charge on any atom is -0.378 e. The molecule has 0 spiro atoms. The largest absolute Gasteiger partial charge is 0.378 e. The maximum absolute atomic E-state index is 12.4. The highest BCUT2D eigenvalue weighted by Gasteiger charge is 2.20. The normalized spacial score (nSPS) is 14.2. The monoisotopic (exact) mass is 481 g/mol. The van der Waals surface area contributed by atoms with E-state index in [0.717, 1.165) is 45.3 Å². The molecule has 5 rings (SSSR count). The summed E-state index contributed by atoms with van der Waals surface area (Å²) in [6, 6.07) is 15.8. The number of rotatable bonds is 7. The zero-order chi connectivity index (χ0) is 22.6. The first-order chi connectivity index (χ1) is 16.2. The van der Waals surface area contributed by atoms with Gasteiger partial charge in [0.05, 0.1) is 13.2 Å². The number of nitrogens with one attached hydrogen (secondary N) is 1. The molecule has 170 valence electrons. The SMILES string of the molecule is O=C(CCCSc1nnc(-c2c[nH]c3ccccc23)n1-c1ccc(Cl)cc1)N1CCOCC1. The fourth-order valence-electron chi connectivity index (χ4n) is 3.98. The molecule has 1 N–H and O–H groups in total. The maximum atomic E-state index is 12.4. The number of halogens is 1. The average molecular weight is 482 g/mol. The molecule has 1 amide bonds. The highest BCUT2D eigenvalue weighted by atomic mass is 35.5. The zero-order valence-corrected chi connectivity index (χ0v) is 19.6. The fourth-order valence-corrected chi connectivity index (χ4v) is 4.99. The Bertz CT molecular complexity index is 1250. The van der Waals surface area contributed by atoms with Gasteiger partial charge in [0, 0.05) is 58.6 Å². The first-order valence-corrected chi connectivity index (χ1v) is 12.3. The van der Waals surface area contributed by atoms with Gasteiger partial charge in [-0.05, 0) is 36.8 Å². The molecule has 3 heterocycles. The van der Waals surface area contributed by atoms with E-state index >= 15 is 0 Å². The second kappa shape index (κ2) is 9.99. The smallest absolute Gasteiger partial charge is 0.222 e. The second-order valence-electron chi connectivity index (χ2n) is 7.81. The molecule has 0 aliphatic carbocycles. The molecular formula is C24H24ClN5O2S. The number of ether oxygens (including phenoxy) is 1. The van der Waals surface area contributed by atoms with Gasteiger partial charge in [0.15, 0.2) is 11.0 Å². The van der Waals surface area contributed by atoms with Crippen LogP contribution in [0.5, 0.6) is 0 Å². The standard InChI is InChI=1S/C24H24ClN5O2S/c25-17-7-9-18(10-8-17)30-23(20-16-26-21-5-2-1-4-19(20)21)27-28-24(30)33-15-3-6-22(31)29-11-13-32-14-12-29/h1-2,4-5,7-10,16,26H,3,6,11-15H2. The molecule has 0 radical (unpaired) electrons. The van der Waals surface area contributed by atoms with Crippen molar-refractivity contribution in [3.63, 3.8) is 0 Å². The Labute approximate surface area is 201 Å². The zero-order valence-electron chi connectivity index (χ0n) is 18.0. The summed E-state index contributed by atoms with van der Waals surface area (Å²) in [6.45, 7) is 2.62. The van der Waals surface area contributed by atoms with Gasteiger partial charge in [-0.3, -0.25) is 9.36 Å². The molecular weight excluding hydrogens is 458 g/mol. The van der Waals surface area contributed by atoms with Crippen molar-refractivity contribution in [2.75, 3.05) is 32.1 Å². The van der Waals surface area contributed by atoms with Gasteiger partial charge in [-0.2, -0.15) is 0 Å². The molecule has 2 aromatic carbocycles. The summed E-state index contributed by atoms with van der Waals surface area (Å²) in [7, 11) is 0. The lowest BCUT2D eigenvalue weighted by molar-refractivity contribution is -0.135. The van der Waals surface area contributed by atoms with E-state index in [9.17, 15) is 4.79 Å². The number of H-pyrrole nitrogens is 1. The van der Waals surface area contributed by atoms with E-state index < -0.39 is 0 Å². The Hall–Kier alpha value is -2.81. The number of thioether (sulfide) groups is 1. The van der Waals surface area contributed by atoms with Gasteiger partial charge < -0.3 is 14.6 Å². The van der Waals surface area contributed by atoms with E-state index in [1.54, 1.807) is 11.8 Å². The number of hydrogen-bond donors (Lipinski definition) is 1. The highest BCUT2D eigenvalue weighted by molar-refractivity contribution is 7.99. The van der Waals surface area contributed by atoms with Crippen LogP contribution in [0.2, 0.25) is 5.02 Å². The Kier molecular flexibility index (Phi) is 6.66. The number of carbonyl (C=O) groups is 1. The number of amides is 1. The quantitative estimate of drug-likeness (QED) is 0.303. The molecule has 4 aromatic rings. The number of aromatic nitrogens is 4. The van der Waals surface area contributed by atoms with Gasteiger partial charge >= 0.3 is 0 Å². The molecule has 33 heavy (non-hydrogen) atoms. The van der Waals surface area contributed by atoms with Crippen molar-refractivity contribution in [1.29, 1.82) is 0 Å². The molecule has 0 atom stereocenters. The average Bonchev–Trinajstić information content (AvgIpc) is 3.47. The van der Waals surface area contributed by atoms with Gasteiger partial charge in [0.2, 0.25) is 5.91 Å². The van der Waals surface area contributed by atoms with E-state index in [1.165, 1.54) is 0 Å². The van der Waals surface area contributed by atoms with Crippen LogP contribution in [0.25, 0.3) is 28.0 Å². The Morgan fingerprint density at radius 2 is 1.88 bits per heavy atom. The summed E-state index contributed by atoms with van der Waals surface area (Å²) in [4.78, 5) is 17.6. The predicted molar refractivity (Wildman–Crippen MR) is 131 cm³/mol. The Morgan fingerprint density at radius 3 is 2.70 bits per heavy atom. The van der Waals surface area contributed by atoms with Crippen molar-refractivity contribution < 1.29 is 9.53 Å². The molecule has 0 saturated carbocycles.